The van der Waals surface area contributed by atoms with Crippen molar-refractivity contribution in [2.45, 2.75) is 31.8 Å². The van der Waals surface area contributed by atoms with Gasteiger partial charge in [-0.05, 0) is 50.4 Å². The Hall–Kier alpha value is -0.770. The van der Waals surface area contributed by atoms with Crippen LogP contribution in [0.25, 0.3) is 0 Å². The Bertz CT molecular complexity index is 430. The van der Waals surface area contributed by atoms with E-state index in [1.807, 2.05) is 26.1 Å². The quantitative estimate of drug-likeness (QED) is 0.883. The second-order valence-electron chi connectivity index (χ2n) is 5.10. The molecule has 100 valence electrons. The third-order valence-electron chi connectivity index (χ3n) is 3.80. The monoisotopic (exact) mass is 268 g/mol. The summed E-state index contributed by atoms with van der Waals surface area (Å²) in [6, 6.07) is 4.54. The van der Waals surface area contributed by atoms with Crippen LogP contribution in [0.15, 0.2) is 12.1 Å². The zero-order valence-electron chi connectivity index (χ0n) is 11.2. The Balaban J connectivity index is 2.35. The summed E-state index contributed by atoms with van der Waals surface area (Å²) >= 11 is 6.17. The van der Waals surface area contributed by atoms with Gasteiger partial charge in [-0.2, -0.15) is 0 Å². The Labute approximate surface area is 114 Å². The maximum atomic E-state index is 6.17. The van der Waals surface area contributed by atoms with Gasteiger partial charge in [0.15, 0.2) is 0 Å². The first-order valence-corrected chi connectivity index (χ1v) is 6.71. The molecular formula is C14H21ClN2O. The van der Waals surface area contributed by atoms with E-state index in [-0.39, 0.29) is 6.04 Å². The highest BCUT2D eigenvalue weighted by Crippen LogP contribution is 2.42. The summed E-state index contributed by atoms with van der Waals surface area (Å²) in [6.45, 7) is 2.02. The second kappa shape index (κ2) is 5.47. The number of ether oxygens (including phenoxy) is 1. The summed E-state index contributed by atoms with van der Waals surface area (Å²) in [5, 5.41) is 4.13. The molecule has 3 nitrogen and oxygen atoms in total. The Morgan fingerprint density at radius 2 is 2.11 bits per heavy atom. The molecule has 1 aromatic carbocycles. The van der Waals surface area contributed by atoms with Crippen LogP contribution in [0.3, 0.4) is 0 Å². The van der Waals surface area contributed by atoms with E-state index in [1.165, 1.54) is 0 Å². The lowest BCUT2D eigenvalue weighted by molar-refractivity contribution is 0.201. The summed E-state index contributed by atoms with van der Waals surface area (Å²) in [4.78, 5) is 0. The summed E-state index contributed by atoms with van der Waals surface area (Å²) < 4.78 is 5.53. The molecule has 1 saturated carbocycles. The molecule has 0 amide bonds. The number of aryl methyl sites for hydroxylation is 1. The lowest BCUT2D eigenvalue weighted by Crippen LogP contribution is -2.42. The lowest BCUT2D eigenvalue weighted by Gasteiger charge is -2.39. The van der Waals surface area contributed by atoms with Gasteiger partial charge >= 0.3 is 0 Å². The summed E-state index contributed by atoms with van der Waals surface area (Å²) in [5.41, 5.74) is 8.10. The van der Waals surface area contributed by atoms with Crippen molar-refractivity contribution >= 4 is 11.6 Å². The van der Waals surface area contributed by atoms with E-state index in [0.717, 1.165) is 34.7 Å². The second-order valence-corrected chi connectivity index (χ2v) is 5.54. The predicted octanol–water partition coefficient (Wildman–Crippen LogP) is 2.65. The standard InChI is InChI=1S/C14H21ClN2O/c1-8-4-10(15)7-12(14(8)18-3)13(17-2)9-5-11(16)6-9/h4,7,9,11,13,17H,5-6,16H2,1-3H3. The normalized spacial score (nSPS) is 24.5. The number of halogens is 1. The number of rotatable bonds is 4. The first-order chi connectivity index (χ1) is 8.56. The van der Waals surface area contributed by atoms with Crippen molar-refractivity contribution in [3.05, 3.63) is 28.3 Å². The molecule has 1 fully saturated rings. The van der Waals surface area contributed by atoms with Crippen molar-refractivity contribution in [1.82, 2.24) is 5.32 Å². The molecule has 0 bridgehead atoms. The van der Waals surface area contributed by atoms with E-state index in [9.17, 15) is 0 Å². The predicted molar refractivity (Wildman–Crippen MR) is 75.2 cm³/mol. The van der Waals surface area contributed by atoms with Crippen LogP contribution in [-0.4, -0.2) is 20.2 Å². The summed E-state index contributed by atoms with van der Waals surface area (Å²) in [7, 11) is 3.68. The first kappa shape index (κ1) is 13.7. The Kier molecular flexibility index (Phi) is 4.15. The van der Waals surface area contributed by atoms with Crippen LogP contribution in [0, 0.1) is 12.8 Å². The van der Waals surface area contributed by atoms with Gasteiger partial charge in [-0.3, -0.25) is 0 Å². The van der Waals surface area contributed by atoms with Crippen LogP contribution in [0.4, 0.5) is 0 Å². The van der Waals surface area contributed by atoms with Crippen LogP contribution < -0.4 is 15.8 Å². The minimum atomic E-state index is 0.261. The molecule has 1 atom stereocenters. The van der Waals surface area contributed by atoms with Gasteiger partial charge < -0.3 is 15.8 Å². The van der Waals surface area contributed by atoms with Gasteiger partial charge in [-0.1, -0.05) is 11.6 Å². The number of hydrogen-bond donors (Lipinski definition) is 2. The number of nitrogens with one attached hydrogen (secondary N) is 1. The van der Waals surface area contributed by atoms with Crippen molar-refractivity contribution in [2.24, 2.45) is 11.7 Å². The number of benzene rings is 1. The maximum absolute atomic E-state index is 6.17. The minimum Gasteiger partial charge on any atom is -0.496 e. The van der Waals surface area contributed by atoms with Gasteiger partial charge in [-0.25, -0.2) is 0 Å². The number of methoxy groups -OCH3 is 1. The molecule has 4 heteroatoms. The molecule has 0 aliphatic heterocycles. The zero-order valence-corrected chi connectivity index (χ0v) is 11.9. The highest BCUT2D eigenvalue weighted by atomic mass is 35.5. The van der Waals surface area contributed by atoms with E-state index < -0.39 is 0 Å². The maximum Gasteiger partial charge on any atom is 0.126 e. The number of nitrogens with two attached hydrogens (primary N) is 1. The molecule has 1 aromatic rings. The fourth-order valence-electron chi connectivity index (χ4n) is 2.89. The van der Waals surface area contributed by atoms with Gasteiger partial charge in [-0.15, -0.1) is 0 Å². The van der Waals surface area contributed by atoms with Gasteiger partial charge in [0.25, 0.3) is 0 Å². The molecule has 3 N–H and O–H groups in total. The van der Waals surface area contributed by atoms with Crippen LogP contribution in [0.5, 0.6) is 5.75 Å². The fraction of sp³-hybridized carbons (Fsp3) is 0.571. The average molecular weight is 269 g/mol. The molecule has 0 saturated heterocycles. The Morgan fingerprint density at radius 3 is 2.61 bits per heavy atom. The molecule has 1 aliphatic rings. The zero-order chi connectivity index (χ0) is 13.3. The molecule has 0 radical (unpaired) electrons. The van der Waals surface area contributed by atoms with Gasteiger partial charge in [0.2, 0.25) is 0 Å². The molecule has 1 aliphatic carbocycles. The topological polar surface area (TPSA) is 47.3 Å². The van der Waals surface area contributed by atoms with E-state index in [1.54, 1.807) is 7.11 Å². The van der Waals surface area contributed by atoms with Crippen LogP contribution in [0.1, 0.15) is 30.0 Å². The summed E-state index contributed by atoms with van der Waals surface area (Å²) in [6.07, 6.45) is 2.11. The van der Waals surface area contributed by atoms with E-state index in [0.29, 0.717) is 12.0 Å². The van der Waals surface area contributed by atoms with Crippen LogP contribution in [-0.2, 0) is 0 Å². The third-order valence-corrected chi connectivity index (χ3v) is 4.02. The highest BCUT2D eigenvalue weighted by Gasteiger charge is 2.34. The highest BCUT2D eigenvalue weighted by molar-refractivity contribution is 6.30. The van der Waals surface area contributed by atoms with E-state index in [2.05, 4.69) is 5.32 Å². The molecular weight excluding hydrogens is 248 g/mol. The van der Waals surface area contributed by atoms with Crippen LogP contribution >= 0.6 is 11.6 Å². The minimum absolute atomic E-state index is 0.261. The van der Waals surface area contributed by atoms with Gasteiger partial charge in [0.05, 0.1) is 7.11 Å². The molecule has 0 spiro atoms. The molecule has 2 rings (SSSR count). The number of hydrogen-bond acceptors (Lipinski definition) is 3. The third kappa shape index (κ3) is 2.48. The molecule has 18 heavy (non-hydrogen) atoms. The smallest absolute Gasteiger partial charge is 0.126 e. The Morgan fingerprint density at radius 1 is 1.44 bits per heavy atom. The lowest BCUT2D eigenvalue weighted by atomic mass is 9.73. The van der Waals surface area contributed by atoms with Crippen molar-refractivity contribution in [3.8, 4) is 5.75 Å². The summed E-state index contributed by atoms with van der Waals surface area (Å²) in [5.74, 6) is 1.50. The molecule has 0 heterocycles. The average Bonchev–Trinajstić information content (AvgIpc) is 2.27. The van der Waals surface area contributed by atoms with Crippen molar-refractivity contribution in [1.29, 1.82) is 0 Å². The van der Waals surface area contributed by atoms with Gasteiger partial charge in [0, 0.05) is 22.7 Å². The first-order valence-electron chi connectivity index (χ1n) is 6.33. The van der Waals surface area contributed by atoms with Crippen molar-refractivity contribution < 1.29 is 4.74 Å². The SMILES string of the molecule is CNC(c1cc(Cl)cc(C)c1OC)C1CC(N)C1. The van der Waals surface area contributed by atoms with Crippen LogP contribution in [0.2, 0.25) is 5.02 Å². The van der Waals surface area contributed by atoms with E-state index >= 15 is 0 Å². The molecule has 1 unspecified atom stereocenters. The van der Waals surface area contributed by atoms with Crippen molar-refractivity contribution in [3.63, 3.8) is 0 Å². The van der Waals surface area contributed by atoms with Crippen molar-refractivity contribution in [2.75, 3.05) is 14.2 Å². The largest absolute Gasteiger partial charge is 0.496 e. The fourth-order valence-corrected chi connectivity index (χ4v) is 3.17. The molecule has 0 aromatic heterocycles. The van der Waals surface area contributed by atoms with E-state index in [4.69, 9.17) is 22.1 Å². The van der Waals surface area contributed by atoms with Gasteiger partial charge in [0.1, 0.15) is 5.75 Å².